The predicted molar refractivity (Wildman–Crippen MR) is 135 cm³/mol. The summed E-state index contributed by atoms with van der Waals surface area (Å²) in [5.41, 5.74) is 10.7. The SMILES string of the molecule is CCOc1c(/C(C)=C/C(=O)N2CCC(C(N)=O)CC2)cc2c(-c3ccc(Cl)cc3)coc2c1C. The Morgan fingerprint density at radius 1 is 1.24 bits per heavy atom. The average Bonchev–Trinajstić information content (AvgIpc) is 3.25. The molecule has 1 fully saturated rings. The zero-order valence-electron chi connectivity index (χ0n) is 19.7. The Balaban J connectivity index is 1.72. The number of piperidine rings is 1. The van der Waals surface area contributed by atoms with Crippen LogP contribution in [-0.4, -0.2) is 36.4 Å². The molecular formula is C27H29ClN2O4. The van der Waals surface area contributed by atoms with Gasteiger partial charge in [-0.25, -0.2) is 0 Å². The van der Waals surface area contributed by atoms with Crippen molar-refractivity contribution in [3.05, 3.63) is 58.8 Å². The van der Waals surface area contributed by atoms with Crippen LogP contribution in [0.2, 0.25) is 5.02 Å². The number of benzene rings is 2. The maximum absolute atomic E-state index is 13.0. The summed E-state index contributed by atoms with van der Waals surface area (Å²) in [6, 6.07) is 9.64. The molecule has 178 valence electrons. The minimum atomic E-state index is -0.291. The van der Waals surface area contributed by atoms with Gasteiger partial charge in [-0.2, -0.15) is 0 Å². The third-order valence-corrected chi connectivity index (χ3v) is 6.71. The van der Waals surface area contributed by atoms with Gasteiger partial charge in [-0.05, 0) is 62.9 Å². The second-order valence-electron chi connectivity index (χ2n) is 8.67. The number of nitrogens with zero attached hydrogens (tertiary/aromatic N) is 1. The number of amides is 2. The lowest BCUT2D eigenvalue weighted by atomic mass is 9.95. The zero-order chi connectivity index (χ0) is 24.4. The average molecular weight is 481 g/mol. The molecule has 2 aromatic carbocycles. The molecule has 2 N–H and O–H groups in total. The van der Waals surface area contributed by atoms with Crippen LogP contribution in [0.25, 0.3) is 27.7 Å². The van der Waals surface area contributed by atoms with Crippen molar-refractivity contribution < 1.29 is 18.7 Å². The van der Waals surface area contributed by atoms with Crippen molar-refractivity contribution >= 4 is 40.0 Å². The summed E-state index contributed by atoms with van der Waals surface area (Å²) in [6.07, 6.45) is 4.59. The molecular weight excluding hydrogens is 452 g/mol. The van der Waals surface area contributed by atoms with Gasteiger partial charge >= 0.3 is 0 Å². The van der Waals surface area contributed by atoms with Crippen LogP contribution in [0.1, 0.15) is 37.8 Å². The molecule has 0 spiro atoms. The number of rotatable bonds is 6. The Morgan fingerprint density at radius 2 is 1.91 bits per heavy atom. The lowest BCUT2D eigenvalue weighted by Crippen LogP contribution is -2.41. The third kappa shape index (κ3) is 4.68. The van der Waals surface area contributed by atoms with Crippen molar-refractivity contribution in [2.75, 3.05) is 19.7 Å². The number of carbonyl (C=O) groups excluding carboxylic acids is 2. The number of furan rings is 1. The summed E-state index contributed by atoms with van der Waals surface area (Å²) in [5, 5.41) is 1.62. The molecule has 3 aromatic rings. The van der Waals surface area contributed by atoms with Gasteiger partial charge in [0.1, 0.15) is 11.3 Å². The van der Waals surface area contributed by atoms with Gasteiger partial charge in [-0.3, -0.25) is 9.59 Å². The normalized spacial score (nSPS) is 15.1. The van der Waals surface area contributed by atoms with Crippen LogP contribution in [0.5, 0.6) is 5.75 Å². The van der Waals surface area contributed by atoms with E-state index in [1.54, 1.807) is 17.2 Å². The van der Waals surface area contributed by atoms with Gasteiger partial charge in [0.2, 0.25) is 11.8 Å². The van der Waals surface area contributed by atoms with Gasteiger partial charge in [0.25, 0.3) is 0 Å². The molecule has 4 rings (SSSR count). The van der Waals surface area contributed by atoms with Gasteiger partial charge in [0.15, 0.2) is 0 Å². The van der Waals surface area contributed by atoms with E-state index in [9.17, 15) is 9.59 Å². The van der Waals surface area contributed by atoms with Crippen LogP contribution in [0.4, 0.5) is 0 Å². The quantitative estimate of drug-likeness (QED) is 0.466. The van der Waals surface area contributed by atoms with Gasteiger partial charge in [-0.1, -0.05) is 23.7 Å². The third-order valence-electron chi connectivity index (χ3n) is 6.46. The zero-order valence-corrected chi connectivity index (χ0v) is 20.4. The number of nitrogens with two attached hydrogens (primary N) is 1. The molecule has 0 aliphatic carbocycles. The Bertz CT molecular complexity index is 1250. The Labute approximate surface area is 204 Å². The smallest absolute Gasteiger partial charge is 0.246 e. The number of ether oxygens (including phenoxy) is 1. The minimum absolute atomic E-state index is 0.0780. The summed E-state index contributed by atoms with van der Waals surface area (Å²) in [6.45, 7) is 7.35. The topological polar surface area (TPSA) is 85.8 Å². The standard InChI is InChI=1S/C27H29ClN2O4/c1-4-33-25-17(3)26-22(23(15-34-26)18-5-7-20(28)8-6-18)14-21(25)16(2)13-24(31)30-11-9-19(10-12-30)27(29)32/h5-8,13-15,19H,4,9-12H2,1-3H3,(H2,29,32)/b16-13+. The largest absolute Gasteiger partial charge is 0.493 e. The van der Waals surface area contributed by atoms with Crippen LogP contribution < -0.4 is 10.5 Å². The molecule has 0 bridgehead atoms. The molecule has 6 nitrogen and oxygen atoms in total. The highest BCUT2D eigenvalue weighted by atomic mass is 35.5. The number of carbonyl (C=O) groups is 2. The maximum atomic E-state index is 13.0. The highest BCUT2D eigenvalue weighted by Gasteiger charge is 2.26. The van der Waals surface area contributed by atoms with Crippen molar-refractivity contribution in [2.24, 2.45) is 11.7 Å². The highest BCUT2D eigenvalue weighted by Crippen LogP contribution is 2.41. The first kappa shape index (κ1) is 23.9. The second kappa shape index (κ2) is 9.94. The first-order chi connectivity index (χ1) is 16.3. The van der Waals surface area contributed by atoms with Crippen LogP contribution in [0, 0.1) is 12.8 Å². The molecule has 0 saturated carbocycles. The Kier molecular flexibility index (Phi) is 6.98. The van der Waals surface area contributed by atoms with Crippen LogP contribution in [-0.2, 0) is 9.59 Å². The summed E-state index contributed by atoms with van der Waals surface area (Å²) in [4.78, 5) is 26.2. The molecule has 1 aliphatic rings. The predicted octanol–water partition coefficient (Wildman–Crippen LogP) is 5.59. The summed E-state index contributed by atoms with van der Waals surface area (Å²) < 4.78 is 11.9. The number of hydrogen-bond acceptors (Lipinski definition) is 4. The van der Waals surface area contributed by atoms with Gasteiger partial charge in [0.05, 0.1) is 12.9 Å². The number of fused-ring (bicyclic) bond motifs is 1. The Hall–Kier alpha value is -3.25. The van der Waals surface area contributed by atoms with E-state index >= 15 is 0 Å². The molecule has 7 heteroatoms. The lowest BCUT2D eigenvalue weighted by molar-refractivity contribution is -0.130. The molecule has 34 heavy (non-hydrogen) atoms. The molecule has 0 radical (unpaired) electrons. The first-order valence-electron chi connectivity index (χ1n) is 11.5. The number of hydrogen-bond donors (Lipinski definition) is 1. The van der Waals surface area contributed by atoms with Crippen LogP contribution in [0.15, 0.2) is 47.1 Å². The van der Waals surface area contributed by atoms with E-state index in [4.69, 9.17) is 26.5 Å². The number of halogens is 1. The molecule has 0 unspecified atom stereocenters. The lowest BCUT2D eigenvalue weighted by Gasteiger charge is -2.30. The highest BCUT2D eigenvalue weighted by molar-refractivity contribution is 6.30. The van der Waals surface area contributed by atoms with Gasteiger partial charge in [0, 0.05) is 52.2 Å². The van der Waals surface area contributed by atoms with Crippen molar-refractivity contribution in [1.29, 1.82) is 0 Å². The number of primary amides is 1. The summed E-state index contributed by atoms with van der Waals surface area (Å²) >= 11 is 6.07. The van der Waals surface area contributed by atoms with Crippen molar-refractivity contribution in [3.8, 4) is 16.9 Å². The fourth-order valence-corrected chi connectivity index (χ4v) is 4.66. The number of aryl methyl sites for hydroxylation is 1. The van der Waals surface area contributed by atoms with Gasteiger partial charge < -0.3 is 19.8 Å². The number of allylic oxidation sites excluding steroid dienone is 1. The van der Waals surface area contributed by atoms with E-state index in [-0.39, 0.29) is 17.7 Å². The summed E-state index contributed by atoms with van der Waals surface area (Å²) in [7, 11) is 0. The molecule has 1 saturated heterocycles. The molecule has 0 atom stereocenters. The molecule has 2 amide bonds. The van der Waals surface area contributed by atoms with E-state index in [2.05, 4.69) is 0 Å². The fourth-order valence-electron chi connectivity index (χ4n) is 4.53. The molecule has 1 aliphatic heterocycles. The van der Waals surface area contributed by atoms with Crippen LogP contribution in [0.3, 0.4) is 0 Å². The van der Waals surface area contributed by atoms with Crippen LogP contribution >= 0.6 is 11.6 Å². The monoisotopic (exact) mass is 480 g/mol. The van der Waals surface area contributed by atoms with E-state index in [0.717, 1.165) is 38.8 Å². The Morgan fingerprint density at radius 3 is 2.53 bits per heavy atom. The van der Waals surface area contributed by atoms with E-state index in [1.165, 1.54) is 0 Å². The number of likely N-dealkylation sites (tertiary alicyclic amines) is 1. The first-order valence-corrected chi connectivity index (χ1v) is 11.9. The van der Waals surface area contributed by atoms with Gasteiger partial charge in [-0.15, -0.1) is 0 Å². The van der Waals surface area contributed by atoms with Crippen molar-refractivity contribution in [3.63, 3.8) is 0 Å². The second-order valence-corrected chi connectivity index (χ2v) is 9.11. The van der Waals surface area contributed by atoms with E-state index in [0.29, 0.717) is 43.3 Å². The maximum Gasteiger partial charge on any atom is 0.246 e. The molecule has 2 heterocycles. The molecule has 1 aromatic heterocycles. The summed E-state index contributed by atoms with van der Waals surface area (Å²) in [5.74, 6) is 0.184. The minimum Gasteiger partial charge on any atom is -0.493 e. The fraction of sp³-hybridized carbons (Fsp3) is 0.333. The van der Waals surface area contributed by atoms with E-state index < -0.39 is 0 Å². The van der Waals surface area contributed by atoms with Crippen molar-refractivity contribution in [1.82, 2.24) is 4.90 Å². The van der Waals surface area contributed by atoms with Crippen molar-refractivity contribution in [2.45, 2.75) is 33.6 Å². The van der Waals surface area contributed by atoms with E-state index in [1.807, 2.05) is 51.1 Å².